The lowest BCUT2D eigenvalue weighted by Gasteiger charge is -2.28. The van der Waals surface area contributed by atoms with Crippen LogP contribution in [0.3, 0.4) is 0 Å². The van der Waals surface area contributed by atoms with E-state index >= 15 is 0 Å². The van der Waals surface area contributed by atoms with Crippen LogP contribution in [0.25, 0.3) is 0 Å². The maximum absolute atomic E-state index is 6.05. The van der Waals surface area contributed by atoms with Crippen LogP contribution in [-0.2, 0) is 0 Å². The maximum Gasteiger partial charge on any atom is 0.191 e. The highest BCUT2D eigenvalue weighted by molar-refractivity contribution is 14.0. The predicted octanol–water partition coefficient (Wildman–Crippen LogP) is 2.55. The van der Waals surface area contributed by atoms with Crippen molar-refractivity contribution in [2.24, 2.45) is 16.1 Å². The van der Waals surface area contributed by atoms with E-state index < -0.39 is 0 Å². The minimum atomic E-state index is 0. The molecule has 2 aliphatic rings. The van der Waals surface area contributed by atoms with Crippen LogP contribution in [-0.4, -0.2) is 42.0 Å². The van der Waals surface area contributed by atoms with Crippen LogP contribution in [0.2, 0.25) is 0 Å². The Morgan fingerprint density at radius 1 is 1.29 bits per heavy atom. The van der Waals surface area contributed by atoms with E-state index in [1.54, 1.807) is 0 Å². The van der Waals surface area contributed by atoms with Crippen molar-refractivity contribution in [1.82, 2.24) is 4.90 Å². The summed E-state index contributed by atoms with van der Waals surface area (Å²) in [5, 5.41) is 0. The van der Waals surface area contributed by atoms with Gasteiger partial charge < -0.3 is 10.6 Å². The molecule has 0 aromatic rings. The number of halogens is 1. The largest absolute Gasteiger partial charge is 0.370 e. The van der Waals surface area contributed by atoms with Crippen molar-refractivity contribution >= 4 is 41.7 Å². The maximum atomic E-state index is 6.05. The molecule has 1 saturated carbocycles. The molecule has 0 amide bonds. The van der Waals surface area contributed by atoms with Crippen molar-refractivity contribution in [2.45, 2.75) is 32.6 Å². The van der Waals surface area contributed by atoms with Crippen LogP contribution in [0.1, 0.15) is 32.6 Å². The first kappa shape index (κ1) is 15.4. The average molecular weight is 369 g/mol. The van der Waals surface area contributed by atoms with Gasteiger partial charge >= 0.3 is 0 Å². The van der Waals surface area contributed by atoms with E-state index in [-0.39, 0.29) is 24.0 Å². The van der Waals surface area contributed by atoms with Gasteiger partial charge in [0, 0.05) is 31.1 Å². The van der Waals surface area contributed by atoms with Gasteiger partial charge in [0.25, 0.3) is 0 Å². The van der Waals surface area contributed by atoms with Crippen molar-refractivity contribution in [3.8, 4) is 0 Å². The highest BCUT2D eigenvalue weighted by atomic mass is 127. The normalized spacial score (nSPS) is 24.5. The quantitative estimate of drug-likeness (QED) is 0.462. The van der Waals surface area contributed by atoms with Crippen molar-refractivity contribution < 1.29 is 0 Å². The van der Waals surface area contributed by atoms with Gasteiger partial charge in [-0.05, 0) is 18.3 Å². The lowest BCUT2D eigenvalue weighted by Crippen LogP contribution is -2.43. The Morgan fingerprint density at radius 3 is 2.47 bits per heavy atom. The Kier molecular flexibility index (Phi) is 6.40. The fourth-order valence-corrected chi connectivity index (χ4v) is 3.45. The van der Waals surface area contributed by atoms with Gasteiger partial charge in [-0.1, -0.05) is 19.8 Å². The second-order valence-electron chi connectivity index (χ2n) is 5.29. The summed E-state index contributed by atoms with van der Waals surface area (Å²) in [5.41, 5.74) is 6.48. The van der Waals surface area contributed by atoms with E-state index in [0.717, 1.165) is 25.6 Å². The minimum absolute atomic E-state index is 0. The topological polar surface area (TPSA) is 41.6 Å². The molecule has 3 nitrogen and oxygen atoms in total. The van der Waals surface area contributed by atoms with Crippen LogP contribution < -0.4 is 5.73 Å². The third-order valence-electron chi connectivity index (χ3n) is 3.77. The molecule has 2 rings (SSSR count). The average Bonchev–Trinajstić information content (AvgIpc) is 2.75. The van der Waals surface area contributed by atoms with Gasteiger partial charge in [0.1, 0.15) is 0 Å². The number of rotatable bonds is 2. The zero-order chi connectivity index (χ0) is 11.4. The molecular formula is C12H24IN3S. The van der Waals surface area contributed by atoms with Gasteiger partial charge in [0.2, 0.25) is 0 Å². The molecule has 17 heavy (non-hydrogen) atoms. The lowest BCUT2D eigenvalue weighted by molar-refractivity contribution is 0.347. The third kappa shape index (κ3) is 4.50. The number of hydrogen-bond donors (Lipinski definition) is 1. The van der Waals surface area contributed by atoms with E-state index in [1.807, 2.05) is 11.8 Å². The van der Waals surface area contributed by atoms with Gasteiger partial charge in [-0.25, -0.2) is 0 Å². The van der Waals surface area contributed by atoms with E-state index in [9.17, 15) is 0 Å². The van der Waals surface area contributed by atoms with E-state index in [1.165, 1.54) is 37.2 Å². The van der Waals surface area contributed by atoms with Gasteiger partial charge in [0.15, 0.2) is 5.96 Å². The zero-order valence-electron chi connectivity index (χ0n) is 10.7. The summed E-state index contributed by atoms with van der Waals surface area (Å²) in [4.78, 5) is 6.84. The summed E-state index contributed by atoms with van der Waals surface area (Å²) >= 11 is 2.01. The van der Waals surface area contributed by atoms with Crippen molar-refractivity contribution in [3.05, 3.63) is 0 Å². The van der Waals surface area contributed by atoms with Crippen LogP contribution in [0.4, 0.5) is 0 Å². The predicted molar refractivity (Wildman–Crippen MR) is 87.4 cm³/mol. The van der Waals surface area contributed by atoms with Crippen LogP contribution >= 0.6 is 35.7 Å². The molecular weight excluding hydrogens is 345 g/mol. The molecule has 2 N–H and O–H groups in total. The Hall–Kier alpha value is 0.350. The molecule has 0 aromatic heterocycles. The molecule has 1 saturated heterocycles. The highest BCUT2D eigenvalue weighted by Gasteiger charge is 2.28. The number of hydrogen-bond acceptors (Lipinski definition) is 2. The number of nitrogens with zero attached hydrogens (tertiary/aromatic N) is 2. The molecule has 5 heteroatoms. The highest BCUT2D eigenvalue weighted by Crippen LogP contribution is 2.37. The number of nitrogens with two attached hydrogens (primary N) is 1. The van der Waals surface area contributed by atoms with Crippen LogP contribution in [0, 0.1) is 5.41 Å². The molecule has 100 valence electrons. The molecule has 0 bridgehead atoms. The molecule has 1 aliphatic carbocycles. The SMILES string of the molecule is CC1(CN=C(N)N2CCSCC2)CCCC1.I. The van der Waals surface area contributed by atoms with Gasteiger partial charge in [-0.2, -0.15) is 11.8 Å². The summed E-state index contributed by atoms with van der Waals surface area (Å²) in [7, 11) is 0. The lowest BCUT2D eigenvalue weighted by atomic mass is 9.89. The number of aliphatic imine (C=N–C) groups is 1. The second kappa shape index (κ2) is 7.07. The van der Waals surface area contributed by atoms with Gasteiger partial charge in [0.05, 0.1) is 0 Å². The Balaban J connectivity index is 0.00000144. The number of thioether (sulfide) groups is 1. The van der Waals surface area contributed by atoms with Crippen molar-refractivity contribution in [3.63, 3.8) is 0 Å². The number of guanidine groups is 1. The Morgan fingerprint density at radius 2 is 1.88 bits per heavy atom. The third-order valence-corrected chi connectivity index (χ3v) is 4.71. The van der Waals surface area contributed by atoms with E-state index in [0.29, 0.717) is 5.41 Å². The first-order chi connectivity index (χ1) is 7.70. The van der Waals surface area contributed by atoms with E-state index in [2.05, 4.69) is 16.8 Å². The van der Waals surface area contributed by atoms with Crippen molar-refractivity contribution in [2.75, 3.05) is 31.1 Å². The summed E-state index contributed by atoms with van der Waals surface area (Å²) in [5.74, 6) is 3.15. The van der Waals surface area contributed by atoms with Crippen LogP contribution in [0.15, 0.2) is 4.99 Å². The minimum Gasteiger partial charge on any atom is -0.370 e. The van der Waals surface area contributed by atoms with Gasteiger partial charge in [-0.3, -0.25) is 4.99 Å². The Bertz CT molecular complexity index is 258. The fraction of sp³-hybridized carbons (Fsp3) is 0.917. The fourth-order valence-electron chi connectivity index (χ4n) is 2.55. The monoisotopic (exact) mass is 369 g/mol. The summed E-state index contributed by atoms with van der Waals surface area (Å²) in [6.07, 6.45) is 5.37. The molecule has 1 aliphatic heterocycles. The summed E-state index contributed by atoms with van der Waals surface area (Å²) in [6.45, 7) is 5.40. The molecule has 0 radical (unpaired) electrons. The Labute approximate surface area is 126 Å². The second-order valence-corrected chi connectivity index (χ2v) is 6.52. The first-order valence-corrected chi connectivity index (χ1v) is 7.48. The first-order valence-electron chi connectivity index (χ1n) is 6.32. The molecule has 0 aromatic carbocycles. The molecule has 2 fully saturated rings. The van der Waals surface area contributed by atoms with Crippen LogP contribution in [0.5, 0.6) is 0 Å². The zero-order valence-corrected chi connectivity index (χ0v) is 13.8. The summed E-state index contributed by atoms with van der Waals surface area (Å²) < 4.78 is 0. The standard InChI is InChI=1S/C12H23N3S.HI/c1-12(4-2-3-5-12)10-14-11(13)15-6-8-16-9-7-15;/h2-10H2,1H3,(H2,13,14);1H. The summed E-state index contributed by atoms with van der Waals surface area (Å²) in [6, 6.07) is 0. The molecule has 1 heterocycles. The molecule has 0 spiro atoms. The molecule has 0 atom stereocenters. The van der Waals surface area contributed by atoms with Gasteiger partial charge in [-0.15, -0.1) is 24.0 Å². The van der Waals surface area contributed by atoms with E-state index in [4.69, 9.17) is 5.73 Å². The van der Waals surface area contributed by atoms with Crippen molar-refractivity contribution in [1.29, 1.82) is 0 Å². The smallest absolute Gasteiger partial charge is 0.191 e. The molecule has 0 unspecified atom stereocenters.